The molecule has 0 fully saturated rings. The number of hydrogen-bond donors (Lipinski definition) is 2. The molecule has 2 aromatic rings. The first-order chi connectivity index (χ1) is 10.1. The monoisotopic (exact) mass is 282 g/mol. The number of aryl methyl sites for hydroxylation is 2. The third kappa shape index (κ3) is 3.89. The number of nitrogens with one attached hydrogen (secondary N) is 2. The fraction of sp³-hybridized carbons (Fsp3) is 0.188. The lowest BCUT2D eigenvalue weighted by atomic mass is 10.1. The number of benzene rings is 1. The topological polar surface area (TPSA) is 66.9 Å². The van der Waals surface area contributed by atoms with Crippen LogP contribution in [0.3, 0.4) is 0 Å². The summed E-state index contributed by atoms with van der Waals surface area (Å²) in [6, 6.07) is 5.79. The zero-order valence-electron chi connectivity index (χ0n) is 12.2. The van der Waals surface area contributed by atoms with Crippen LogP contribution in [0.4, 0.5) is 11.6 Å². The molecule has 0 saturated heterocycles. The highest BCUT2D eigenvalue weighted by Crippen LogP contribution is 2.15. The van der Waals surface area contributed by atoms with Gasteiger partial charge in [0.1, 0.15) is 0 Å². The van der Waals surface area contributed by atoms with Crippen LogP contribution in [0.1, 0.15) is 21.5 Å². The van der Waals surface area contributed by atoms with Crippen LogP contribution < -0.4 is 10.6 Å². The molecule has 5 nitrogen and oxygen atoms in total. The molecule has 0 saturated carbocycles. The van der Waals surface area contributed by atoms with Crippen LogP contribution in [-0.4, -0.2) is 22.4 Å². The average molecular weight is 282 g/mol. The Hall–Kier alpha value is -2.69. The van der Waals surface area contributed by atoms with Crippen LogP contribution in [0.25, 0.3) is 0 Å². The predicted molar refractivity (Wildman–Crippen MR) is 84.6 cm³/mol. The summed E-state index contributed by atoms with van der Waals surface area (Å²) in [6.07, 6.45) is 4.70. The average Bonchev–Trinajstić information content (AvgIpc) is 2.49. The van der Waals surface area contributed by atoms with Crippen molar-refractivity contribution in [2.45, 2.75) is 13.8 Å². The second-order valence-corrected chi connectivity index (χ2v) is 4.72. The van der Waals surface area contributed by atoms with Crippen molar-refractivity contribution in [3.63, 3.8) is 0 Å². The molecule has 21 heavy (non-hydrogen) atoms. The lowest BCUT2D eigenvalue weighted by Crippen LogP contribution is -2.13. The SMILES string of the molecule is C=CCNc1ncc(C(=O)Nc2ccc(C)c(C)c2)cn1. The van der Waals surface area contributed by atoms with Gasteiger partial charge in [-0.15, -0.1) is 6.58 Å². The van der Waals surface area contributed by atoms with Gasteiger partial charge in [-0.25, -0.2) is 9.97 Å². The van der Waals surface area contributed by atoms with E-state index < -0.39 is 0 Å². The third-order valence-electron chi connectivity index (χ3n) is 3.08. The minimum absolute atomic E-state index is 0.228. The molecule has 2 N–H and O–H groups in total. The molecule has 0 radical (unpaired) electrons. The van der Waals surface area contributed by atoms with Crippen LogP contribution in [0.2, 0.25) is 0 Å². The van der Waals surface area contributed by atoms with Gasteiger partial charge in [-0.3, -0.25) is 4.79 Å². The van der Waals surface area contributed by atoms with E-state index in [2.05, 4.69) is 27.2 Å². The molecular formula is C16H18N4O. The van der Waals surface area contributed by atoms with E-state index in [1.807, 2.05) is 32.0 Å². The first kappa shape index (κ1) is 14.7. The van der Waals surface area contributed by atoms with Gasteiger partial charge in [0.25, 0.3) is 5.91 Å². The maximum absolute atomic E-state index is 12.1. The summed E-state index contributed by atoms with van der Waals surface area (Å²) < 4.78 is 0. The Balaban J connectivity index is 2.05. The van der Waals surface area contributed by atoms with E-state index in [0.29, 0.717) is 18.1 Å². The molecule has 1 aromatic carbocycles. The molecule has 1 aromatic heterocycles. The van der Waals surface area contributed by atoms with Crippen molar-refractivity contribution >= 4 is 17.5 Å². The molecule has 0 atom stereocenters. The van der Waals surface area contributed by atoms with Crippen LogP contribution in [0, 0.1) is 13.8 Å². The first-order valence-electron chi connectivity index (χ1n) is 6.65. The van der Waals surface area contributed by atoms with Gasteiger partial charge in [0, 0.05) is 24.6 Å². The number of carbonyl (C=O) groups excluding carboxylic acids is 1. The van der Waals surface area contributed by atoms with E-state index >= 15 is 0 Å². The normalized spacial score (nSPS) is 10.0. The van der Waals surface area contributed by atoms with Gasteiger partial charge < -0.3 is 10.6 Å². The lowest BCUT2D eigenvalue weighted by Gasteiger charge is -2.08. The lowest BCUT2D eigenvalue weighted by molar-refractivity contribution is 0.102. The van der Waals surface area contributed by atoms with E-state index in [1.54, 1.807) is 6.08 Å². The smallest absolute Gasteiger partial charge is 0.258 e. The number of carbonyl (C=O) groups is 1. The van der Waals surface area contributed by atoms with Crippen LogP contribution in [-0.2, 0) is 0 Å². The van der Waals surface area contributed by atoms with Crippen molar-refractivity contribution in [3.8, 4) is 0 Å². The van der Waals surface area contributed by atoms with Crippen LogP contribution in [0.5, 0.6) is 0 Å². The van der Waals surface area contributed by atoms with Gasteiger partial charge in [-0.1, -0.05) is 12.1 Å². The maximum Gasteiger partial charge on any atom is 0.258 e. The molecule has 0 unspecified atom stereocenters. The van der Waals surface area contributed by atoms with E-state index in [4.69, 9.17) is 0 Å². The quantitative estimate of drug-likeness (QED) is 0.827. The number of rotatable bonds is 5. The summed E-state index contributed by atoms with van der Waals surface area (Å²) in [5.41, 5.74) is 3.50. The molecular weight excluding hydrogens is 264 g/mol. The number of hydrogen-bond acceptors (Lipinski definition) is 4. The van der Waals surface area contributed by atoms with Crippen LogP contribution in [0.15, 0.2) is 43.2 Å². The largest absolute Gasteiger partial charge is 0.351 e. The Bertz CT molecular complexity index is 650. The summed E-state index contributed by atoms with van der Waals surface area (Å²) in [6.45, 7) is 8.22. The number of nitrogens with zero attached hydrogens (tertiary/aromatic N) is 2. The van der Waals surface area contributed by atoms with Gasteiger partial charge >= 0.3 is 0 Å². The second kappa shape index (κ2) is 6.65. The maximum atomic E-state index is 12.1. The van der Waals surface area contributed by atoms with E-state index in [9.17, 15) is 4.79 Å². The zero-order valence-corrected chi connectivity index (χ0v) is 12.2. The number of amides is 1. The van der Waals surface area contributed by atoms with E-state index in [1.165, 1.54) is 18.0 Å². The zero-order chi connectivity index (χ0) is 15.2. The van der Waals surface area contributed by atoms with Crippen molar-refractivity contribution < 1.29 is 4.79 Å². The summed E-state index contributed by atoms with van der Waals surface area (Å²) >= 11 is 0. The Morgan fingerprint density at radius 3 is 2.57 bits per heavy atom. The fourth-order valence-corrected chi connectivity index (χ4v) is 1.72. The van der Waals surface area contributed by atoms with Crippen molar-refractivity contribution in [3.05, 3.63) is 59.9 Å². The molecule has 0 spiro atoms. The van der Waals surface area contributed by atoms with E-state index in [-0.39, 0.29) is 5.91 Å². The molecule has 5 heteroatoms. The number of aromatic nitrogens is 2. The molecule has 0 aliphatic heterocycles. The summed E-state index contributed by atoms with van der Waals surface area (Å²) in [4.78, 5) is 20.3. The highest BCUT2D eigenvalue weighted by molar-refractivity contribution is 6.03. The molecule has 108 valence electrons. The van der Waals surface area contributed by atoms with Gasteiger partial charge in [-0.2, -0.15) is 0 Å². The van der Waals surface area contributed by atoms with Crippen molar-refractivity contribution in [1.82, 2.24) is 9.97 Å². The molecule has 0 aliphatic rings. The van der Waals surface area contributed by atoms with Crippen molar-refractivity contribution in [2.75, 3.05) is 17.2 Å². The minimum atomic E-state index is -0.228. The van der Waals surface area contributed by atoms with Gasteiger partial charge in [0.15, 0.2) is 0 Å². The van der Waals surface area contributed by atoms with Crippen molar-refractivity contribution in [2.24, 2.45) is 0 Å². The molecule has 2 rings (SSSR count). The highest BCUT2D eigenvalue weighted by atomic mass is 16.1. The Morgan fingerprint density at radius 1 is 1.24 bits per heavy atom. The van der Waals surface area contributed by atoms with Gasteiger partial charge in [0.05, 0.1) is 5.56 Å². The number of anilines is 2. The van der Waals surface area contributed by atoms with Gasteiger partial charge in [0.2, 0.25) is 5.95 Å². The molecule has 1 amide bonds. The van der Waals surface area contributed by atoms with Gasteiger partial charge in [-0.05, 0) is 37.1 Å². The van der Waals surface area contributed by atoms with E-state index in [0.717, 1.165) is 11.3 Å². The first-order valence-corrected chi connectivity index (χ1v) is 6.65. The summed E-state index contributed by atoms with van der Waals surface area (Å²) in [5, 5.41) is 5.79. The molecule has 1 heterocycles. The molecule has 0 bridgehead atoms. The molecule has 0 aliphatic carbocycles. The minimum Gasteiger partial charge on any atom is -0.351 e. The Morgan fingerprint density at radius 2 is 1.95 bits per heavy atom. The third-order valence-corrected chi connectivity index (χ3v) is 3.08. The second-order valence-electron chi connectivity index (χ2n) is 4.72. The summed E-state index contributed by atoms with van der Waals surface area (Å²) in [5.74, 6) is 0.242. The Kier molecular flexibility index (Phi) is 4.66. The van der Waals surface area contributed by atoms with Crippen LogP contribution >= 0.6 is 0 Å². The van der Waals surface area contributed by atoms with Crippen molar-refractivity contribution in [1.29, 1.82) is 0 Å². The standard InChI is InChI=1S/C16H18N4O/c1-4-7-17-16-18-9-13(10-19-16)15(21)20-14-6-5-11(2)12(3)8-14/h4-6,8-10H,1,7H2,2-3H3,(H,20,21)(H,17,18,19). The fourth-order valence-electron chi connectivity index (χ4n) is 1.72. The Labute approximate surface area is 124 Å². The highest BCUT2D eigenvalue weighted by Gasteiger charge is 2.08. The summed E-state index contributed by atoms with van der Waals surface area (Å²) in [7, 11) is 0. The predicted octanol–water partition coefficient (Wildman–Crippen LogP) is 2.94.